The summed E-state index contributed by atoms with van der Waals surface area (Å²) in [5, 5.41) is 7.88. The van der Waals surface area contributed by atoms with Crippen LogP contribution in [0, 0.1) is 0 Å². The Morgan fingerprint density at radius 2 is 1.97 bits per heavy atom. The first-order valence-corrected chi connectivity index (χ1v) is 11.2. The fraction of sp³-hybridized carbons (Fsp3) is 0.429. The lowest BCUT2D eigenvalue weighted by atomic mass is 9.91. The summed E-state index contributed by atoms with van der Waals surface area (Å²) >= 11 is 1.40. The monoisotopic (exact) mass is 458 g/mol. The van der Waals surface area contributed by atoms with Gasteiger partial charge in [0, 0.05) is 23.5 Å². The first-order valence-electron chi connectivity index (χ1n) is 10.3. The Bertz CT molecular complexity index is 1100. The maximum absolute atomic E-state index is 13.0. The minimum Gasteiger partial charge on any atom is -0.493 e. The highest BCUT2D eigenvalue weighted by Gasteiger charge is 2.23. The number of anilines is 2. The van der Waals surface area contributed by atoms with Gasteiger partial charge in [-0.1, -0.05) is 12.8 Å². The zero-order valence-corrected chi connectivity index (χ0v) is 19.0. The molecular weight excluding hydrogens is 432 g/mol. The van der Waals surface area contributed by atoms with Crippen LogP contribution in [0.5, 0.6) is 17.4 Å². The summed E-state index contributed by atoms with van der Waals surface area (Å²) in [5.74, 6) is 1.33. The Kier molecular flexibility index (Phi) is 6.56. The number of nitrogens with zero attached hydrogens (tertiary/aromatic N) is 3. The topological polar surface area (TPSA) is 134 Å². The standard InChI is InChI=1S/C21H26N6O4S/c1-29-14-8-16(26-20(31-3)18(14)30-2)25-19(28)11-10-32-15-9-23-21(27-17(11)15)24-13-7-5-4-6-12(13)22/h8-10,12-13H,4-7,22H2,1-3H3,(H,23,24,27)(H,25,26,28)/t12-,13+/m1/s1. The Labute approximate surface area is 189 Å². The van der Waals surface area contributed by atoms with Crippen LogP contribution in [0.3, 0.4) is 0 Å². The number of ether oxygens (including phenoxy) is 3. The van der Waals surface area contributed by atoms with E-state index in [-0.39, 0.29) is 29.7 Å². The fourth-order valence-electron chi connectivity index (χ4n) is 3.78. The molecule has 2 atom stereocenters. The zero-order chi connectivity index (χ0) is 22.7. The van der Waals surface area contributed by atoms with Gasteiger partial charge in [-0.15, -0.1) is 11.3 Å². The number of hydrogen-bond donors (Lipinski definition) is 3. The average Bonchev–Trinajstić information content (AvgIpc) is 3.23. The molecule has 10 nitrogen and oxygen atoms in total. The first kappa shape index (κ1) is 22.0. The number of carbonyl (C=O) groups excluding carboxylic acids is 1. The number of fused-ring (bicyclic) bond motifs is 1. The third kappa shape index (κ3) is 4.39. The van der Waals surface area contributed by atoms with Crippen LogP contribution in [0.1, 0.15) is 36.0 Å². The summed E-state index contributed by atoms with van der Waals surface area (Å²) in [6.07, 6.45) is 5.95. The van der Waals surface area contributed by atoms with Crippen molar-refractivity contribution in [3.05, 3.63) is 23.2 Å². The van der Waals surface area contributed by atoms with E-state index in [9.17, 15) is 4.79 Å². The number of thiophene rings is 1. The summed E-state index contributed by atoms with van der Waals surface area (Å²) in [6.45, 7) is 0. The number of aromatic nitrogens is 3. The summed E-state index contributed by atoms with van der Waals surface area (Å²) in [5.41, 5.74) is 7.24. The molecule has 0 saturated heterocycles. The maximum Gasteiger partial charge on any atom is 0.262 e. The molecule has 0 radical (unpaired) electrons. The van der Waals surface area contributed by atoms with Gasteiger partial charge in [-0.2, -0.15) is 4.98 Å². The largest absolute Gasteiger partial charge is 0.493 e. The van der Waals surface area contributed by atoms with Crippen LogP contribution in [0.25, 0.3) is 10.2 Å². The van der Waals surface area contributed by atoms with Gasteiger partial charge in [0.05, 0.1) is 43.3 Å². The van der Waals surface area contributed by atoms with Crippen LogP contribution < -0.4 is 30.6 Å². The van der Waals surface area contributed by atoms with Gasteiger partial charge >= 0.3 is 0 Å². The highest BCUT2D eigenvalue weighted by atomic mass is 32.1. The minimum absolute atomic E-state index is 0.0689. The molecule has 1 amide bonds. The molecular formula is C21H26N6O4S. The molecule has 3 aromatic heterocycles. The molecule has 0 bridgehead atoms. The van der Waals surface area contributed by atoms with E-state index in [1.807, 2.05) is 0 Å². The van der Waals surface area contributed by atoms with Crippen LogP contribution in [0.15, 0.2) is 17.6 Å². The van der Waals surface area contributed by atoms with Crippen LogP contribution in [-0.2, 0) is 0 Å². The smallest absolute Gasteiger partial charge is 0.262 e. The molecule has 3 aromatic rings. The van der Waals surface area contributed by atoms with Crippen LogP contribution in [0.2, 0.25) is 0 Å². The normalized spacial score (nSPS) is 18.2. The highest BCUT2D eigenvalue weighted by Crippen LogP contribution is 2.37. The zero-order valence-electron chi connectivity index (χ0n) is 18.2. The van der Waals surface area contributed by atoms with Crippen molar-refractivity contribution >= 4 is 39.2 Å². The summed E-state index contributed by atoms with van der Waals surface area (Å²) in [7, 11) is 4.45. The molecule has 0 aliphatic heterocycles. The van der Waals surface area contributed by atoms with E-state index >= 15 is 0 Å². The second-order valence-electron chi connectivity index (χ2n) is 7.46. The van der Waals surface area contributed by atoms with Crippen LogP contribution in [0.4, 0.5) is 11.8 Å². The molecule has 0 unspecified atom stereocenters. The Morgan fingerprint density at radius 3 is 2.69 bits per heavy atom. The van der Waals surface area contributed by atoms with E-state index in [1.54, 1.807) is 17.6 Å². The maximum atomic E-state index is 13.0. The number of nitrogens with one attached hydrogen (secondary N) is 2. The third-order valence-electron chi connectivity index (χ3n) is 5.46. The Balaban J connectivity index is 1.59. The van der Waals surface area contributed by atoms with Crippen molar-refractivity contribution in [2.45, 2.75) is 37.8 Å². The molecule has 3 heterocycles. The number of carbonyl (C=O) groups is 1. The van der Waals surface area contributed by atoms with E-state index in [2.05, 4.69) is 25.6 Å². The van der Waals surface area contributed by atoms with Crippen molar-refractivity contribution in [1.82, 2.24) is 15.0 Å². The fourth-order valence-corrected chi connectivity index (χ4v) is 4.62. The lowest BCUT2D eigenvalue weighted by Crippen LogP contribution is -2.42. The quantitative estimate of drug-likeness (QED) is 0.488. The Hall–Kier alpha value is -3.18. The molecule has 1 fully saturated rings. The second-order valence-corrected chi connectivity index (χ2v) is 8.37. The van der Waals surface area contributed by atoms with Crippen molar-refractivity contribution < 1.29 is 19.0 Å². The molecule has 4 rings (SSSR count). The van der Waals surface area contributed by atoms with Gasteiger partial charge in [-0.05, 0) is 12.8 Å². The van der Waals surface area contributed by atoms with E-state index in [0.29, 0.717) is 28.5 Å². The van der Waals surface area contributed by atoms with Gasteiger partial charge in [-0.3, -0.25) is 4.79 Å². The van der Waals surface area contributed by atoms with E-state index in [1.165, 1.54) is 32.7 Å². The minimum atomic E-state index is -0.350. The molecule has 0 aromatic carbocycles. The van der Waals surface area contributed by atoms with Gasteiger partial charge in [0.25, 0.3) is 11.8 Å². The summed E-state index contributed by atoms with van der Waals surface area (Å²) in [4.78, 5) is 26.3. The van der Waals surface area contributed by atoms with Gasteiger partial charge in [0.2, 0.25) is 11.7 Å². The van der Waals surface area contributed by atoms with Gasteiger partial charge in [0.15, 0.2) is 5.75 Å². The number of pyridine rings is 1. The van der Waals surface area contributed by atoms with Crippen molar-refractivity contribution in [1.29, 1.82) is 0 Å². The molecule has 1 aliphatic rings. The number of nitrogens with two attached hydrogens (primary N) is 1. The molecule has 11 heteroatoms. The lowest BCUT2D eigenvalue weighted by molar-refractivity contribution is 0.102. The van der Waals surface area contributed by atoms with Crippen molar-refractivity contribution in [2.75, 3.05) is 32.0 Å². The highest BCUT2D eigenvalue weighted by molar-refractivity contribution is 7.17. The number of rotatable bonds is 7. The van der Waals surface area contributed by atoms with Gasteiger partial charge < -0.3 is 30.6 Å². The molecule has 1 saturated carbocycles. The predicted octanol–water partition coefficient (Wildman–Crippen LogP) is 3.05. The van der Waals surface area contributed by atoms with Crippen molar-refractivity contribution in [2.24, 2.45) is 5.73 Å². The van der Waals surface area contributed by atoms with E-state index in [0.717, 1.165) is 30.4 Å². The number of hydrogen-bond acceptors (Lipinski definition) is 10. The van der Waals surface area contributed by atoms with Gasteiger partial charge in [-0.25, -0.2) is 9.97 Å². The number of methoxy groups -OCH3 is 3. The van der Waals surface area contributed by atoms with Crippen molar-refractivity contribution in [3.8, 4) is 17.4 Å². The summed E-state index contributed by atoms with van der Waals surface area (Å²) in [6, 6.07) is 1.76. The van der Waals surface area contributed by atoms with E-state index in [4.69, 9.17) is 19.9 Å². The van der Waals surface area contributed by atoms with Crippen molar-refractivity contribution in [3.63, 3.8) is 0 Å². The lowest BCUT2D eigenvalue weighted by Gasteiger charge is -2.29. The predicted molar refractivity (Wildman–Crippen MR) is 123 cm³/mol. The van der Waals surface area contributed by atoms with E-state index < -0.39 is 0 Å². The third-order valence-corrected chi connectivity index (χ3v) is 6.37. The SMILES string of the molecule is COc1cc(NC(=O)c2csc3cnc(N[C@H]4CCCC[C@H]4N)nc23)nc(OC)c1OC. The molecule has 1 aliphatic carbocycles. The molecule has 32 heavy (non-hydrogen) atoms. The summed E-state index contributed by atoms with van der Waals surface area (Å²) < 4.78 is 16.7. The van der Waals surface area contributed by atoms with Gasteiger partial charge in [0.1, 0.15) is 5.82 Å². The van der Waals surface area contributed by atoms with Crippen LogP contribution >= 0.6 is 11.3 Å². The number of amides is 1. The second kappa shape index (κ2) is 9.53. The molecule has 170 valence electrons. The average molecular weight is 459 g/mol. The molecule has 0 spiro atoms. The molecule has 4 N–H and O–H groups in total. The Morgan fingerprint density at radius 1 is 1.16 bits per heavy atom. The first-order chi connectivity index (χ1) is 15.5. The van der Waals surface area contributed by atoms with Crippen LogP contribution in [-0.4, -0.2) is 54.3 Å².